The van der Waals surface area contributed by atoms with Gasteiger partial charge in [0.25, 0.3) is 11.7 Å². The van der Waals surface area contributed by atoms with E-state index in [9.17, 15) is 14.7 Å². The molecule has 2 unspecified atom stereocenters. The van der Waals surface area contributed by atoms with E-state index in [1.165, 1.54) is 0 Å². The Morgan fingerprint density at radius 3 is 2.51 bits per heavy atom. The number of amides is 1. The van der Waals surface area contributed by atoms with Crippen LogP contribution in [0, 0.1) is 0 Å². The van der Waals surface area contributed by atoms with Crippen molar-refractivity contribution in [2.24, 2.45) is 0 Å². The van der Waals surface area contributed by atoms with Crippen molar-refractivity contribution in [3.8, 4) is 17.2 Å². The van der Waals surface area contributed by atoms with Gasteiger partial charge in [-0.3, -0.25) is 9.59 Å². The second-order valence-corrected chi connectivity index (χ2v) is 10.7. The van der Waals surface area contributed by atoms with Gasteiger partial charge in [-0.2, -0.15) is 0 Å². The van der Waals surface area contributed by atoms with Crippen LogP contribution in [0.4, 0.5) is 0 Å². The van der Waals surface area contributed by atoms with Crippen molar-refractivity contribution < 1.29 is 28.9 Å². The smallest absolute Gasteiger partial charge is 0.295 e. The molecule has 0 spiro atoms. The Kier molecular flexibility index (Phi) is 10.3. The van der Waals surface area contributed by atoms with E-state index in [2.05, 4.69) is 25.7 Å². The van der Waals surface area contributed by atoms with Crippen LogP contribution < -0.4 is 14.2 Å². The lowest BCUT2D eigenvalue weighted by atomic mass is 9.94. The maximum atomic E-state index is 13.6. The summed E-state index contributed by atoms with van der Waals surface area (Å²) in [5, 5.41) is 11.6. The van der Waals surface area contributed by atoms with E-state index in [4.69, 9.17) is 14.2 Å². The van der Waals surface area contributed by atoms with Crippen LogP contribution in [0.5, 0.6) is 17.2 Å². The van der Waals surface area contributed by atoms with E-state index in [-0.39, 0.29) is 17.4 Å². The van der Waals surface area contributed by atoms with Crippen LogP contribution in [0.15, 0.2) is 42.0 Å². The SMILES string of the molecule is CCCCCOc1ccc(C2/C(=C(/O)c3ccc4c(c3)CC(C)O4)C(=O)C(=O)N2CCN(CC)CC)cc1OCC. The largest absolute Gasteiger partial charge is 0.507 e. The van der Waals surface area contributed by atoms with Gasteiger partial charge in [-0.05, 0) is 74.8 Å². The van der Waals surface area contributed by atoms with Gasteiger partial charge >= 0.3 is 0 Å². The zero-order valence-corrected chi connectivity index (χ0v) is 25.1. The Bertz CT molecular complexity index is 1270. The maximum absolute atomic E-state index is 13.6. The zero-order chi connectivity index (χ0) is 29.5. The first-order valence-corrected chi connectivity index (χ1v) is 15.0. The third-order valence-corrected chi connectivity index (χ3v) is 7.85. The van der Waals surface area contributed by atoms with Crippen molar-refractivity contribution in [3.63, 3.8) is 0 Å². The molecule has 8 heteroatoms. The molecule has 8 nitrogen and oxygen atoms in total. The summed E-state index contributed by atoms with van der Waals surface area (Å²) in [5.74, 6) is 0.480. The molecule has 1 saturated heterocycles. The lowest BCUT2D eigenvalue weighted by Crippen LogP contribution is -2.38. The minimum Gasteiger partial charge on any atom is -0.507 e. The molecule has 41 heavy (non-hydrogen) atoms. The van der Waals surface area contributed by atoms with Crippen LogP contribution in [0.2, 0.25) is 0 Å². The number of ketones is 1. The minimum absolute atomic E-state index is 0.0488. The number of unbranched alkanes of at least 4 members (excludes halogenated alkanes) is 2. The quantitative estimate of drug-likeness (QED) is 0.135. The molecule has 1 amide bonds. The fourth-order valence-electron chi connectivity index (χ4n) is 5.59. The van der Waals surface area contributed by atoms with Crippen molar-refractivity contribution in [2.45, 2.75) is 72.4 Å². The second kappa shape index (κ2) is 13.9. The number of benzene rings is 2. The Morgan fingerprint density at radius 1 is 1.02 bits per heavy atom. The number of aliphatic hydroxyl groups is 1. The molecule has 4 rings (SSSR count). The number of hydrogen-bond donors (Lipinski definition) is 1. The highest BCUT2D eigenvalue weighted by Gasteiger charge is 2.46. The molecule has 0 aromatic heterocycles. The Morgan fingerprint density at radius 2 is 1.80 bits per heavy atom. The number of hydrogen-bond acceptors (Lipinski definition) is 7. The van der Waals surface area contributed by atoms with Gasteiger partial charge in [0.2, 0.25) is 0 Å². The standard InChI is InChI=1S/C33H44N2O6/c1-6-10-11-18-40-27-15-12-23(21-28(27)39-9-4)30-29(32(37)33(38)35(30)17-16-34(7-2)8-3)31(36)24-13-14-26-25(20-24)19-22(5)41-26/h12-15,20-22,30,36H,6-11,16-19H2,1-5H3/b31-29-. The number of nitrogens with zero attached hydrogens (tertiary/aromatic N) is 2. The van der Waals surface area contributed by atoms with Gasteiger partial charge in [0, 0.05) is 25.1 Å². The van der Waals surface area contributed by atoms with Crippen molar-refractivity contribution >= 4 is 17.4 Å². The summed E-state index contributed by atoms with van der Waals surface area (Å²) in [4.78, 5) is 30.8. The van der Waals surface area contributed by atoms with Gasteiger partial charge in [-0.25, -0.2) is 0 Å². The molecule has 0 saturated carbocycles. The van der Waals surface area contributed by atoms with Gasteiger partial charge in [0.1, 0.15) is 17.6 Å². The van der Waals surface area contributed by atoms with Gasteiger partial charge in [-0.15, -0.1) is 0 Å². The summed E-state index contributed by atoms with van der Waals surface area (Å²) >= 11 is 0. The number of likely N-dealkylation sites (tertiary alicyclic amines) is 1. The predicted molar refractivity (Wildman–Crippen MR) is 160 cm³/mol. The molecule has 2 atom stereocenters. The maximum Gasteiger partial charge on any atom is 0.295 e. The van der Waals surface area contributed by atoms with E-state index in [1.807, 2.05) is 44.2 Å². The van der Waals surface area contributed by atoms with E-state index >= 15 is 0 Å². The van der Waals surface area contributed by atoms with Crippen molar-refractivity contribution in [2.75, 3.05) is 39.4 Å². The summed E-state index contributed by atoms with van der Waals surface area (Å²) in [6.07, 6.45) is 3.89. The molecule has 1 fully saturated rings. The summed E-state index contributed by atoms with van der Waals surface area (Å²) in [5.41, 5.74) is 2.24. The number of likely N-dealkylation sites (N-methyl/N-ethyl adjacent to an activating group) is 1. The fourth-order valence-corrected chi connectivity index (χ4v) is 5.59. The number of ether oxygens (including phenoxy) is 3. The molecule has 222 valence electrons. The number of carbonyl (C=O) groups is 2. The molecule has 1 N–H and O–H groups in total. The highest BCUT2D eigenvalue weighted by atomic mass is 16.5. The number of rotatable bonds is 14. The molecule has 2 aromatic rings. The number of fused-ring (bicyclic) bond motifs is 1. The Hall–Kier alpha value is -3.52. The number of aliphatic hydroxyl groups excluding tert-OH is 1. The zero-order valence-electron chi connectivity index (χ0n) is 25.1. The van der Waals surface area contributed by atoms with E-state index in [0.29, 0.717) is 48.9 Å². The number of Topliss-reactive ketones (excluding diaryl/α,β-unsaturated/α-hetero) is 1. The average Bonchev–Trinajstić information content (AvgIpc) is 3.47. The topological polar surface area (TPSA) is 88.5 Å². The molecular formula is C33H44N2O6. The van der Waals surface area contributed by atoms with Crippen LogP contribution in [0.25, 0.3) is 5.76 Å². The Balaban J connectivity index is 1.77. The molecule has 2 heterocycles. The second-order valence-electron chi connectivity index (χ2n) is 10.7. The Labute approximate surface area is 243 Å². The molecule has 0 bridgehead atoms. The van der Waals surface area contributed by atoms with E-state index < -0.39 is 17.7 Å². The van der Waals surface area contributed by atoms with E-state index in [0.717, 1.165) is 50.1 Å². The third-order valence-electron chi connectivity index (χ3n) is 7.85. The molecule has 2 aliphatic heterocycles. The van der Waals surface area contributed by atoms with Gasteiger partial charge in [0.15, 0.2) is 11.5 Å². The van der Waals surface area contributed by atoms with Crippen molar-refractivity contribution in [1.82, 2.24) is 9.80 Å². The van der Waals surface area contributed by atoms with Crippen LogP contribution in [0.3, 0.4) is 0 Å². The van der Waals surface area contributed by atoms with Crippen LogP contribution in [0.1, 0.15) is 76.6 Å². The van der Waals surface area contributed by atoms with Crippen LogP contribution >= 0.6 is 0 Å². The van der Waals surface area contributed by atoms with Crippen molar-refractivity contribution in [1.29, 1.82) is 0 Å². The molecule has 0 radical (unpaired) electrons. The molecule has 2 aromatic carbocycles. The van der Waals surface area contributed by atoms with Crippen molar-refractivity contribution in [3.05, 3.63) is 58.7 Å². The fraction of sp³-hybridized carbons (Fsp3) is 0.515. The summed E-state index contributed by atoms with van der Waals surface area (Å²) < 4.78 is 17.8. The average molecular weight is 565 g/mol. The highest BCUT2D eigenvalue weighted by Crippen LogP contribution is 2.43. The summed E-state index contributed by atoms with van der Waals surface area (Å²) in [6.45, 7) is 13.8. The first-order chi connectivity index (χ1) is 19.8. The third kappa shape index (κ3) is 6.70. The summed E-state index contributed by atoms with van der Waals surface area (Å²) in [6, 6.07) is 10.2. The van der Waals surface area contributed by atoms with Crippen LogP contribution in [-0.4, -0.2) is 72.1 Å². The lowest BCUT2D eigenvalue weighted by molar-refractivity contribution is -0.140. The molecule has 0 aliphatic carbocycles. The first kappa shape index (κ1) is 30.4. The van der Waals surface area contributed by atoms with Crippen LogP contribution in [-0.2, 0) is 16.0 Å². The molecule has 2 aliphatic rings. The van der Waals surface area contributed by atoms with Gasteiger partial charge < -0.3 is 29.1 Å². The lowest BCUT2D eigenvalue weighted by Gasteiger charge is -2.28. The van der Waals surface area contributed by atoms with Gasteiger partial charge in [-0.1, -0.05) is 39.7 Å². The van der Waals surface area contributed by atoms with E-state index in [1.54, 1.807) is 11.0 Å². The summed E-state index contributed by atoms with van der Waals surface area (Å²) in [7, 11) is 0. The normalized spacial score (nSPS) is 19.5. The first-order valence-electron chi connectivity index (χ1n) is 15.0. The monoisotopic (exact) mass is 564 g/mol. The number of carbonyl (C=O) groups excluding carboxylic acids is 2. The molecular weight excluding hydrogens is 520 g/mol. The highest BCUT2D eigenvalue weighted by molar-refractivity contribution is 6.46. The predicted octanol–water partition coefficient (Wildman–Crippen LogP) is 5.74. The van der Waals surface area contributed by atoms with Gasteiger partial charge in [0.05, 0.1) is 24.8 Å². The minimum atomic E-state index is -0.762.